The number of hydrogen-bond acceptors (Lipinski definition) is 5. The van der Waals surface area contributed by atoms with Crippen molar-refractivity contribution >= 4 is 23.5 Å². The summed E-state index contributed by atoms with van der Waals surface area (Å²) in [7, 11) is 0. The number of fused-ring (bicyclic) bond motifs is 1. The van der Waals surface area contributed by atoms with Gasteiger partial charge in [-0.15, -0.1) is 0 Å². The molecule has 0 amide bonds. The van der Waals surface area contributed by atoms with Crippen molar-refractivity contribution in [2.45, 2.75) is 45.1 Å². The molecule has 0 heterocycles. The molecule has 6 nitrogen and oxygen atoms in total. The standard InChI is InChI=1S/C23H22O6/c1-13(24)29-23(20(27)16-7-5-6-8-17(16)21(23)28)18-10-9-15(22(2,3)4)11-14(18)12-19(25)26/h5-11H,12H2,1-4H3,(H,25,26). The molecule has 0 spiro atoms. The van der Waals surface area contributed by atoms with Gasteiger partial charge in [0.25, 0.3) is 5.60 Å². The van der Waals surface area contributed by atoms with E-state index in [-0.39, 0.29) is 27.7 Å². The molecule has 1 aliphatic carbocycles. The fourth-order valence-corrected chi connectivity index (χ4v) is 3.68. The average molecular weight is 394 g/mol. The number of Topliss-reactive ketones (excluding diaryl/α,β-unsaturated/α-hetero) is 2. The van der Waals surface area contributed by atoms with Gasteiger partial charge in [0.05, 0.1) is 6.42 Å². The van der Waals surface area contributed by atoms with Gasteiger partial charge in [0, 0.05) is 23.6 Å². The maximum atomic E-state index is 13.3. The molecule has 150 valence electrons. The summed E-state index contributed by atoms with van der Waals surface area (Å²) >= 11 is 0. The highest BCUT2D eigenvalue weighted by molar-refractivity contribution is 6.32. The van der Waals surface area contributed by atoms with Crippen molar-refractivity contribution in [1.82, 2.24) is 0 Å². The van der Waals surface area contributed by atoms with Crippen LogP contribution in [0.3, 0.4) is 0 Å². The lowest BCUT2D eigenvalue weighted by Gasteiger charge is -2.29. The summed E-state index contributed by atoms with van der Waals surface area (Å²) in [6, 6.07) is 11.2. The molecule has 6 heteroatoms. The first-order valence-corrected chi connectivity index (χ1v) is 9.22. The third-order valence-corrected chi connectivity index (χ3v) is 5.04. The molecule has 0 aliphatic heterocycles. The van der Waals surface area contributed by atoms with Gasteiger partial charge in [-0.05, 0) is 16.5 Å². The molecule has 1 N–H and O–H groups in total. The molecule has 2 aromatic carbocycles. The fraction of sp³-hybridized carbons (Fsp3) is 0.304. The quantitative estimate of drug-likeness (QED) is 0.630. The number of rotatable bonds is 4. The highest BCUT2D eigenvalue weighted by atomic mass is 16.6. The molecule has 1 aliphatic rings. The van der Waals surface area contributed by atoms with Gasteiger partial charge in [-0.1, -0.05) is 63.2 Å². The zero-order chi connectivity index (χ0) is 21.6. The van der Waals surface area contributed by atoms with E-state index in [9.17, 15) is 24.3 Å². The Bertz CT molecular complexity index is 1010. The lowest BCUT2D eigenvalue weighted by molar-refractivity contribution is -0.149. The van der Waals surface area contributed by atoms with Crippen LogP contribution in [0, 0.1) is 0 Å². The summed E-state index contributed by atoms with van der Waals surface area (Å²) in [6.07, 6.45) is -0.417. The maximum absolute atomic E-state index is 13.3. The van der Waals surface area contributed by atoms with Gasteiger partial charge in [-0.3, -0.25) is 19.2 Å². The van der Waals surface area contributed by atoms with Crippen LogP contribution in [0.15, 0.2) is 42.5 Å². The Morgan fingerprint density at radius 3 is 2.00 bits per heavy atom. The van der Waals surface area contributed by atoms with Gasteiger partial charge in [-0.2, -0.15) is 0 Å². The van der Waals surface area contributed by atoms with Gasteiger partial charge >= 0.3 is 11.9 Å². The molecule has 0 bridgehead atoms. The number of carbonyl (C=O) groups is 4. The summed E-state index contributed by atoms with van der Waals surface area (Å²) in [5.74, 6) is -3.25. The number of ether oxygens (including phenoxy) is 1. The molecule has 0 unspecified atom stereocenters. The molecular formula is C23H22O6. The highest BCUT2D eigenvalue weighted by Gasteiger charge is 2.58. The average Bonchev–Trinajstić information content (AvgIpc) is 2.83. The number of aliphatic carboxylic acids is 1. The van der Waals surface area contributed by atoms with Crippen molar-refractivity contribution in [3.8, 4) is 0 Å². The molecule has 29 heavy (non-hydrogen) atoms. The number of carbonyl (C=O) groups excluding carboxylic acids is 3. The Labute approximate surface area is 168 Å². The second kappa shape index (κ2) is 6.95. The number of hydrogen-bond donors (Lipinski definition) is 1. The van der Waals surface area contributed by atoms with Crippen molar-refractivity contribution in [3.63, 3.8) is 0 Å². The Hall–Kier alpha value is -3.28. The minimum Gasteiger partial charge on any atom is -0.481 e. The van der Waals surface area contributed by atoms with Crippen molar-refractivity contribution in [2.24, 2.45) is 0 Å². The molecular weight excluding hydrogens is 372 g/mol. The predicted molar refractivity (Wildman–Crippen MR) is 105 cm³/mol. The predicted octanol–water partition coefficient (Wildman–Crippen LogP) is 3.45. The first-order valence-electron chi connectivity index (χ1n) is 9.22. The van der Waals surface area contributed by atoms with Crippen LogP contribution >= 0.6 is 0 Å². The summed E-state index contributed by atoms with van der Waals surface area (Å²) in [6.45, 7) is 7.02. The van der Waals surface area contributed by atoms with Crippen LogP contribution in [0.4, 0.5) is 0 Å². The van der Waals surface area contributed by atoms with Crippen molar-refractivity contribution < 1.29 is 29.0 Å². The monoisotopic (exact) mass is 394 g/mol. The minimum atomic E-state index is -2.21. The molecule has 0 fully saturated rings. The summed E-state index contributed by atoms with van der Waals surface area (Å²) < 4.78 is 5.41. The van der Waals surface area contributed by atoms with E-state index < -0.39 is 35.5 Å². The smallest absolute Gasteiger partial charge is 0.307 e. The van der Waals surface area contributed by atoms with Gasteiger partial charge in [0.2, 0.25) is 11.6 Å². The van der Waals surface area contributed by atoms with Gasteiger partial charge in [0.15, 0.2) is 0 Å². The lowest BCUT2D eigenvalue weighted by Crippen LogP contribution is -2.43. The minimum absolute atomic E-state index is 0.0919. The molecule has 0 saturated carbocycles. The van der Waals surface area contributed by atoms with Crippen LogP contribution in [-0.2, 0) is 31.8 Å². The number of ketones is 2. The number of esters is 1. The van der Waals surface area contributed by atoms with E-state index in [4.69, 9.17) is 4.74 Å². The Kier molecular flexibility index (Phi) is 4.91. The van der Waals surface area contributed by atoms with E-state index in [1.165, 1.54) is 18.2 Å². The maximum Gasteiger partial charge on any atom is 0.307 e. The van der Waals surface area contributed by atoms with Crippen LogP contribution < -0.4 is 0 Å². The lowest BCUT2D eigenvalue weighted by atomic mass is 9.79. The molecule has 0 radical (unpaired) electrons. The van der Waals surface area contributed by atoms with E-state index >= 15 is 0 Å². The number of carboxylic acid groups (broad SMARTS) is 1. The summed E-state index contributed by atoms with van der Waals surface area (Å²) in [4.78, 5) is 50.1. The van der Waals surface area contributed by atoms with E-state index in [1.807, 2.05) is 20.8 Å². The van der Waals surface area contributed by atoms with E-state index in [0.717, 1.165) is 12.5 Å². The SMILES string of the molecule is CC(=O)OC1(c2ccc(C(C)(C)C)cc2CC(=O)O)C(=O)c2ccccc2C1=O. The zero-order valence-electron chi connectivity index (χ0n) is 16.7. The van der Waals surface area contributed by atoms with E-state index in [2.05, 4.69) is 0 Å². The van der Waals surface area contributed by atoms with Crippen LogP contribution in [0.25, 0.3) is 0 Å². The van der Waals surface area contributed by atoms with Crippen LogP contribution in [-0.4, -0.2) is 28.6 Å². The normalized spacial score (nSPS) is 15.2. The second-order valence-electron chi connectivity index (χ2n) is 8.17. The summed E-state index contributed by atoms with van der Waals surface area (Å²) in [5.41, 5.74) is -0.996. The molecule has 3 rings (SSSR count). The molecule has 0 saturated heterocycles. The first kappa shape index (κ1) is 20.5. The van der Waals surface area contributed by atoms with Crippen molar-refractivity contribution in [2.75, 3.05) is 0 Å². The largest absolute Gasteiger partial charge is 0.481 e. The molecule has 0 atom stereocenters. The van der Waals surface area contributed by atoms with Crippen molar-refractivity contribution in [1.29, 1.82) is 0 Å². The second-order valence-corrected chi connectivity index (χ2v) is 8.17. The van der Waals surface area contributed by atoms with E-state index in [0.29, 0.717) is 0 Å². The third kappa shape index (κ3) is 3.35. The van der Waals surface area contributed by atoms with Crippen LogP contribution in [0.1, 0.15) is 65.1 Å². The number of carboxylic acids is 1. The highest BCUT2D eigenvalue weighted by Crippen LogP contribution is 2.43. The molecule has 2 aromatic rings. The first-order chi connectivity index (χ1) is 13.5. The fourth-order valence-electron chi connectivity index (χ4n) is 3.68. The Balaban J connectivity index is 2.32. The topological polar surface area (TPSA) is 97.7 Å². The van der Waals surface area contributed by atoms with Gasteiger partial charge < -0.3 is 9.84 Å². The summed E-state index contributed by atoms with van der Waals surface area (Å²) in [5, 5.41) is 9.42. The van der Waals surface area contributed by atoms with Crippen LogP contribution in [0.5, 0.6) is 0 Å². The van der Waals surface area contributed by atoms with Crippen molar-refractivity contribution in [3.05, 3.63) is 70.3 Å². The number of benzene rings is 2. The van der Waals surface area contributed by atoms with Gasteiger partial charge in [0.1, 0.15) is 0 Å². The third-order valence-electron chi connectivity index (χ3n) is 5.04. The zero-order valence-corrected chi connectivity index (χ0v) is 16.7. The van der Waals surface area contributed by atoms with E-state index in [1.54, 1.807) is 24.3 Å². The van der Waals surface area contributed by atoms with Gasteiger partial charge in [-0.25, -0.2) is 0 Å². The van der Waals surface area contributed by atoms with Crippen LogP contribution in [0.2, 0.25) is 0 Å². The Morgan fingerprint density at radius 1 is 1.00 bits per heavy atom. The Morgan fingerprint density at radius 2 is 1.55 bits per heavy atom. The molecule has 0 aromatic heterocycles.